The molecule has 1 aromatic heterocycles. The highest BCUT2D eigenvalue weighted by Crippen LogP contribution is 2.40. The van der Waals surface area contributed by atoms with Crippen LogP contribution in [0.3, 0.4) is 0 Å². The minimum absolute atomic E-state index is 0.381. The molecule has 1 saturated heterocycles. The molecule has 0 bridgehead atoms. The molecule has 190 valence electrons. The summed E-state index contributed by atoms with van der Waals surface area (Å²) in [6, 6.07) is 10.3. The Morgan fingerprint density at radius 3 is 2.56 bits per heavy atom. The maximum absolute atomic E-state index is 11.7. The van der Waals surface area contributed by atoms with E-state index in [0.717, 1.165) is 86.4 Å². The summed E-state index contributed by atoms with van der Waals surface area (Å²) < 4.78 is 13.9. The standard InChI is InChI=1S/C29H36N4O3/c1-4-31-24-8-7-23-22(26(35-2)18-27(36-3)28(23)24)12-15-32-13-10-21(11-14-32)33-16-9-19-5-6-20(29(30)34)17-25(19)33/h5-6,9,16-18,21H,4,7-8,10-15H2,1-3H3,(H2,30,34). The lowest BCUT2D eigenvalue weighted by atomic mass is 9.97. The van der Waals surface area contributed by atoms with E-state index < -0.39 is 0 Å². The molecule has 0 radical (unpaired) electrons. The molecule has 0 spiro atoms. The summed E-state index contributed by atoms with van der Waals surface area (Å²) in [4.78, 5) is 19.0. The molecule has 7 nitrogen and oxygen atoms in total. The van der Waals surface area contributed by atoms with Gasteiger partial charge in [0, 0.05) is 66.8 Å². The van der Waals surface area contributed by atoms with Crippen molar-refractivity contribution >= 4 is 22.5 Å². The number of aliphatic imine (C=N–C) groups is 1. The first-order valence-corrected chi connectivity index (χ1v) is 13.0. The Hall–Kier alpha value is -3.32. The summed E-state index contributed by atoms with van der Waals surface area (Å²) in [6.45, 7) is 5.96. The number of rotatable bonds is 8. The maximum atomic E-state index is 11.7. The van der Waals surface area contributed by atoms with Crippen LogP contribution in [0.4, 0.5) is 0 Å². The first-order valence-electron chi connectivity index (χ1n) is 13.0. The van der Waals surface area contributed by atoms with Crippen LogP contribution in [0.15, 0.2) is 41.5 Å². The van der Waals surface area contributed by atoms with Crippen LogP contribution in [-0.4, -0.2) is 61.5 Å². The van der Waals surface area contributed by atoms with Crippen molar-refractivity contribution in [1.29, 1.82) is 0 Å². The molecule has 3 aromatic rings. The lowest BCUT2D eigenvalue weighted by Crippen LogP contribution is -2.36. The van der Waals surface area contributed by atoms with Crippen molar-refractivity contribution in [2.75, 3.05) is 40.4 Å². The predicted molar refractivity (Wildman–Crippen MR) is 144 cm³/mol. The van der Waals surface area contributed by atoms with Gasteiger partial charge < -0.3 is 24.7 Å². The van der Waals surface area contributed by atoms with Gasteiger partial charge in [-0.05, 0) is 73.7 Å². The number of methoxy groups -OCH3 is 2. The van der Waals surface area contributed by atoms with Crippen LogP contribution < -0.4 is 15.2 Å². The summed E-state index contributed by atoms with van der Waals surface area (Å²) in [7, 11) is 3.47. The molecule has 2 heterocycles. The van der Waals surface area contributed by atoms with Crippen molar-refractivity contribution in [3.8, 4) is 11.5 Å². The van der Waals surface area contributed by atoms with Crippen molar-refractivity contribution in [3.05, 3.63) is 58.8 Å². The average molecular weight is 489 g/mol. The molecule has 2 aromatic carbocycles. The highest BCUT2D eigenvalue weighted by Gasteiger charge is 2.28. The Labute approximate surface area is 212 Å². The SMILES string of the molecule is CCN=C1CCc2c(CCN3CCC(n4ccc5ccc(C(N)=O)cc54)CC3)c(OC)cc(OC)c21. The van der Waals surface area contributed by atoms with Crippen LogP contribution in [0.5, 0.6) is 11.5 Å². The molecule has 0 saturated carbocycles. The molecular weight excluding hydrogens is 452 g/mol. The van der Waals surface area contributed by atoms with Gasteiger partial charge in [0.25, 0.3) is 0 Å². The number of hydrogen-bond acceptors (Lipinski definition) is 5. The number of carbonyl (C=O) groups excluding carboxylic acids is 1. The number of aromatic nitrogens is 1. The number of fused-ring (bicyclic) bond motifs is 2. The zero-order valence-electron chi connectivity index (χ0n) is 21.5. The van der Waals surface area contributed by atoms with Gasteiger partial charge in [0.1, 0.15) is 11.5 Å². The summed E-state index contributed by atoms with van der Waals surface area (Å²) in [6.07, 6.45) is 7.22. The molecule has 1 aliphatic carbocycles. The van der Waals surface area contributed by atoms with Gasteiger partial charge in [0.15, 0.2) is 0 Å². The monoisotopic (exact) mass is 488 g/mol. The van der Waals surface area contributed by atoms with E-state index in [1.54, 1.807) is 20.3 Å². The van der Waals surface area contributed by atoms with E-state index in [-0.39, 0.29) is 5.91 Å². The number of amides is 1. The summed E-state index contributed by atoms with van der Waals surface area (Å²) in [5.74, 6) is 1.41. The molecule has 0 atom stereocenters. The normalized spacial score (nSPS) is 17.6. The number of carbonyl (C=O) groups is 1. The van der Waals surface area contributed by atoms with Crippen LogP contribution in [0.2, 0.25) is 0 Å². The molecule has 0 unspecified atom stereocenters. The number of primary amides is 1. The number of nitrogens with two attached hydrogens (primary N) is 1. The highest BCUT2D eigenvalue weighted by molar-refractivity contribution is 6.07. The second kappa shape index (κ2) is 10.3. The fourth-order valence-electron chi connectivity index (χ4n) is 5.97. The van der Waals surface area contributed by atoms with Crippen molar-refractivity contribution in [2.24, 2.45) is 10.7 Å². The van der Waals surface area contributed by atoms with E-state index in [4.69, 9.17) is 20.2 Å². The molecule has 7 heteroatoms. The van der Waals surface area contributed by atoms with Gasteiger partial charge in [-0.3, -0.25) is 9.79 Å². The molecule has 1 fully saturated rings. The number of likely N-dealkylation sites (tertiary alicyclic amines) is 1. The van der Waals surface area contributed by atoms with Crippen LogP contribution >= 0.6 is 0 Å². The fraction of sp³-hybridized carbons (Fsp3) is 0.448. The Kier molecular flexibility index (Phi) is 7.01. The number of piperidine rings is 1. The summed E-state index contributed by atoms with van der Waals surface area (Å²) >= 11 is 0. The van der Waals surface area contributed by atoms with Gasteiger partial charge in [-0.25, -0.2) is 0 Å². The summed E-state index contributed by atoms with van der Waals surface area (Å²) in [5.41, 5.74) is 12.2. The number of benzene rings is 2. The Morgan fingerprint density at radius 2 is 1.86 bits per heavy atom. The third-order valence-electron chi connectivity index (χ3n) is 7.80. The van der Waals surface area contributed by atoms with Gasteiger partial charge in [0.05, 0.1) is 14.2 Å². The molecule has 2 N–H and O–H groups in total. The molecule has 2 aliphatic rings. The molecular formula is C29H36N4O3. The van der Waals surface area contributed by atoms with Crippen LogP contribution in [0.1, 0.15) is 59.3 Å². The second-order valence-electron chi connectivity index (χ2n) is 9.72. The smallest absolute Gasteiger partial charge is 0.248 e. The second-order valence-corrected chi connectivity index (χ2v) is 9.72. The zero-order valence-corrected chi connectivity index (χ0v) is 21.5. The lowest BCUT2D eigenvalue weighted by molar-refractivity contribution is 0.100. The number of ether oxygens (including phenoxy) is 2. The van der Waals surface area contributed by atoms with Gasteiger partial charge in [0.2, 0.25) is 5.91 Å². The van der Waals surface area contributed by atoms with E-state index in [9.17, 15) is 4.79 Å². The first kappa shape index (κ1) is 24.4. The minimum atomic E-state index is -0.381. The van der Waals surface area contributed by atoms with Crippen molar-refractivity contribution in [2.45, 2.75) is 45.1 Å². The van der Waals surface area contributed by atoms with E-state index in [2.05, 4.69) is 28.7 Å². The molecule has 1 amide bonds. The number of nitrogens with zero attached hydrogens (tertiary/aromatic N) is 3. The highest BCUT2D eigenvalue weighted by atomic mass is 16.5. The van der Waals surface area contributed by atoms with E-state index in [0.29, 0.717) is 11.6 Å². The lowest BCUT2D eigenvalue weighted by Gasteiger charge is -2.33. The molecule has 1 aliphatic heterocycles. The van der Waals surface area contributed by atoms with Gasteiger partial charge >= 0.3 is 0 Å². The van der Waals surface area contributed by atoms with Crippen LogP contribution in [0, 0.1) is 0 Å². The largest absolute Gasteiger partial charge is 0.496 e. The zero-order chi connectivity index (χ0) is 25.2. The maximum Gasteiger partial charge on any atom is 0.248 e. The van der Waals surface area contributed by atoms with Crippen molar-refractivity contribution < 1.29 is 14.3 Å². The van der Waals surface area contributed by atoms with Gasteiger partial charge in [-0.2, -0.15) is 0 Å². The van der Waals surface area contributed by atoms with Gasteiger partial charge in [-0.1, -0.05) is 6.07 Å². The van der Waals surface area contributed by atoms with Crippen LogP contribution in [0.25, 0.3) is 10.9 Å². The Balaban J connectivity index is 1.29. The Morgan fingerprint density at radius 1 is 1.08 bits per heavy atom. The quantitative estimate of drug-likeness (QED) is 0.510. The average Bonchev–Trinajstić information content (AvgIpc) is 3.52. The Bertz CT molecular complexity index is 1300. The minimum Gasteiger partial charge on any atom is -0.496 e. The molecule has 36 heavy (non-hydrogen) atoms. The predicted octanol–water partition coefficient (Wildman–Crippen LogP) is 4.39. The molecule has 5 rings (SSSR count). The van der Waals surface area contributed by atoms with E-state index >= 15 is 0 Å². The van der Waals surface area contributed by atoms with Crippen molar-refractivity contribution in [3.63, 3.8) is 0 Å². The number of hydrogen-bond donors (Lipinski definition) is 1. The third kappa shape index (κ3) is 4.48. The fourth-order valence-corrected chi connectivity index (χ4v) is 5.97. The van der Waals surface area contributed by atoms with Crippen LogP contribution in [-0.2, 0) is 12.8 Å². The first-order chi connectivity index (χ1) is 17.5. The topological polar surface area (TPSA) is 82.1 Å². The third-order valence-corrected chi connectivity index (χ3v) is 7.80. The van der Waals surface area contributed by atoms with Crippen molar-refractivity contribution in [1.82, 2.24) is 9.47 Å². The van der Waals surface area contributed by atoms with E-state index in [1.807, 2.05) is 18.2 Å². The van der Waals surface area contributed by atoms with E-state index in [1.165, 1.54) is 16.7 Å². The summed E-state index contributed by atoms with van der Waals surface area (Å²) in [5, 5.41) is 1.15. The van der Waals surface area contributed by atoms with Gasteiger partial charge in [-0.15, -0.1) is 0 Å².